The third-order valence-corrected chi connectivity index (χ3v) is 11.5. The molecule has 0 aliphatic carbocycles. The fourth-order valence-corrected chi connectivity index (χ4v) is 9.52. The van der Waals surface area contributed by atoms with Crippen molar-refractivity contribution in [1.82, 2.24) is 0 Å². The normalized spacial score (nSPS) is 11.2. The van der Waals surface area contributed by atoms with Gasteiger partial charge in [0.2, 0.25) is 0 Å². The van der Waals surface area contributed by atoms with Crippen LogP contribution in [0.1, 0.15) is 10.4 Å². The summed E-state index contributed by atoms with van der Waals surface area (Å²) in [5.41, 5.74) is -0.265. The Bertz CT molecular complexity index is 1480. The van der Waals surface area contributed by atoms with Crippen molar-refractivity contribution in [1.29, 1.82) is 0 Å². The Kier molecular flexibility index (Phi) is 10.2. The summed E-state index contributed by atoms with van der Waals surface area (Å²) in [5, 5.41) is 14.0. The van der Waals surface area contributed by atoms with Gasteiger partial charge in [-0.2, -0.15) is 8.42 Å². The molecule has 0 aliphatic rings. The van der Waals surface area contributed by atoms with Gasteiger partial charge in [0.1, 0.15) is 40.0 Å². The van der Waals surface area contributed by atoms with Gasteiger partial charge in [0.15, 0.2) is 0 Å². The number of hydrogen-bond donors (Lipinski definition) is 2. The topological polar surface area (TPSA) is 101 Å². The molecule has 2 N–H and O–H groups in total. The Morgan fingerprint density at radius 3 is 1.27 bits per heavy atom. The van der Waals surface area contributed by atoms with Crippen molar-refractivity contribution >= 4 is 44.6 Å². The Labute approximate surface area is 241 Å². The first-order chi connectivity index (χ1) is 19.9. The molecule has 0 atom stereocenters. The lowest BCUT2D eigenvalue weighted by Crippen LogP contribution is -2.38. The number of hydrogen-bond acceptors (Lipinski definition) is 5. The fourth-order valence-electron chi connectivity index (χ4n) is 4.58. The van der Waals surface area contributed by atoms with Crippen LogP contribution in [0.3, 0.4) is 0 Å². The minimum Gasteiger partial charge on any atom is -0.460 e. The average molecular weight is 586 g/mol. The number of esters is 1. The second kappa shape index (κ2) is 14.0. The van der Waals surface area contributed by atoms with Crippen LogP contribution < -0.4 is 21.2 Å². The zero-order chi connectivity index (χ0) is 29.1. The van der Waals surface area contributed by atoms with Crippen molar-refractivity contribution in [2.24, 2.45) is 0 Å². The van der Waals surface area contributed by atoms with Crippen molar-refractivity contribution in [3.8, 4) is 0 Å². The molecule has 6 nitrogen and oxygen atoms in total. The summed E-state index contributed by atoms with van der Waals surface area (Å²) in [6.07, 6.45) is 0. The Hall–Kier alpha value is -4.13. The van der Waals surface area contributed by atoms with E-state index in [0.717, 1.165) is 6.07 Å². The molecule has 0 amide bonds. The largest absolute Gasteiger partial charge is 0.460 e. The predicted octanol–water partition coefficient (Wildman–Crippen LogP) is 4.39. The van der Waals surface area contributed by atoms with Crippen molar-refractivity contribution < 1.29 is 27.6 Å². The number of benzene rings is 5. The van der Waals surface area contributed by atoms with E-state index in [1.54, 1.807) is 0 Å². The molecule has 8 heteroatoms. The molecule has 5 aromatic rings. The van der Waals surface area contributed by atoms with E-state index in [4.69, 9.17) is 9.66 Å². The molecule has 0 radical (unpaired) electrons. The second-order valence-electron chi connectivity index (χ2n) is 8.84. The zero-order valence-corrected chi connectivity index (χ0v) is 23.9. The Balaban J connectivity index is 0.000000210. The Morgan fingerprint density at radius 1 is 0.585 bits per heavy atom. The molecule has 0 aliphatic heterocycles. The highest BCUT2D eigenvalue weighted by Crippen LogP contribution is 2.53. The van der Waals surface area contributed by atoms with Gasteiger partial charge < -0.3 is 9.84 Å². The highest BCUT2D eigenvalue weighted by atomic mass is 32.2. The molecule has 208 valence electrons. The smallest absolute Gasteiger partial charge is 0.339 e. The van der Waals surface area contributed by atoms with Crippen molar-refractivity contribution in [2.45, 2.75) is 4.90 Å². The van der Waals surface area contributed by atoms with Gasteiger partial charge in [-0.05, 0) is 60.7 Å². The fraction of sp³-hybridized carbons (Fsp3) is 0.0606. The molecule has 41 heavy (non-hydrogen) atoms. The average Bonchev–Trinajstić information content (AvgIpc) is 3.02. The first-order valence-corrected chi connectivity index (χ1v) is 16.1. The number of ether oxygens (including phenoxy) is 1. The summed E-state index contributed by atoms with van der Waals surface area (Å²) in [7, 11) is -6.37. The quantitative estimate of drug-likeness (QED) is 0.159. The summed E-state index contributed by atoms with van der Waals surface area (Å²) >= 11 is 0. The van der Waals surface area contributed by atoms with Crippen LogP contribution in [0, 0.1) is 0 Å². The number of carbonyl (C=O) groups excluding carboxylic acids is 1. The summed E-state index contributed by atoms with van der Waals surface area (Å²) in [6.45, 7) is -0.599. The molecule has 0 spiro atoms. The van der Waals surface area contributed by atoms with Crippen LogP contribution in [0.2, 0.25) is 0 Å². The monoisotopic (exact) mass is 585 g/mol. The molecule has 0 saturated heterocycles. The molecule has 0 aromatic heterocycles. The van der Waals surface area contributed by atoms with Crippen LogP contribution in [0.15, 0.2) is 150 Å². The molecular weight excluding hydrogens is 555 g/mol. The van der Waals surface area contributed by atoms with E-state index in [-0.39, 0.29) is 18.8 Å². The maximum absolute atomic E-state index is 11.4. The van der Waals surface area contributed by atoms with Gasteiger partial charge in [-0.3, -0.25) is 4.55 Å². The third-order valence-electron chi connectivity index (χ3n) is 6.28. The standard InChI is InChI=1S/C24H20P.C9H10O6S/c1-5-13-21(14-6-1)25(22-15-7-2-8-16-22,23-17-9-3-10-18-23)24-19-11-4-12-20-24;10-5-6-15-9(11)7-3-1-2-4-8(7)16(12,13)14/h1-20H;1-4,10H,5-6H2,(H,12,13,14)/q+1;. The van der Waals surface area contributed by atoms with Gasteiger partial charge in [0.05, 0.1) is 12.2 Å². The van der Waals surface area contributed by atoms with Gasteiger partial charge >= 0.3 is 5.97 Å². The molecule has 0 heterocycles. The van der Waals surface area contributed by atoms with Crippen LogP contribution in [0.5, 0.6) is 0 Å². The van der Waals surface area contributed by atoms with Crippen molar-refractivity contribution in [2.75, 3.05) is 13.2 Å². The number of rotatable bonds is 8. The van der Waals surface area contributed by atoms with Crippen LogP contribution in [-0.4, -0.2) is 37.3 Å². The maximum Gasteiger partial charge on any atom is 0.339 e. The second-order valence-corrected chi connectivity index (χ2v) is 13.6. The van der Waals surface area contributed by atoms with Gasteiger partial charge in [-0.1, -0.05) is 84.9 Å². The first kappa shape index (κ1) is 29.8. The summed E-state index contributed by atoms with van der Waals surface area (Å²) in [5.74, 6) is -0.915. The van der Waals surface area contributed by atoms with Crippen LogP contribution >= 0.6 is 7.26 Å². The molecule has 5 aromatic carbocycles. The minimum atomic E-state index is -4.47. The van der Waals surface area contributed by atoms with Gasteiger partial charge in [-0.25, -0.2) is 4.79 Å². The number of aliphatic hydroxyl groups is 1. The van der Waals surface area contributed by atoms with Crippen molar-refractivity contribution in [3.05, 3.63) is 151 Å². The highest BCUT2D eigenvalue weighted by Gasteiger charge is 2.47. The minimum absolute atomic E-state index is 0.237. The van der Waals surface area contributed by atoms with Gasteiger partial charge in [0, 0.05) is 0 Å². The van der Waals surface area contributed by atoms with Crippen LogP contribution in [0.25, 0.3) is 0 Å². The molecule has 0 saturated carbocycles. The first-order valence-electron chi connectivity index (χ1n) is 12.8. The van der Waals surface area contributed by atoms with E-state index >= 15 is 0 Å². The maximum atomic E-state index is 11.4. The van der Waals surface area contributed by atoms with Crippen LogP contribution in [0.4, 0.5) is 0 Å². The highest BCUT2D eigenvalue weighted by molar-refractivity contribution is 8.01. The molecule has 0 unspecified atom stereocenters. The molecule has 5 rings (SSSR count). The molecule has 0 fully saturated rings. The molecular formula is C33H30O6PS+. The van der Waals surface area contributed by atoms with Gasteiger partial charge in [-0.15, -0.1) is 0 Å². The third kappa shape index (κ3) is 6.96. The molecule has 0 bridgehead atoms. The van der Waals surface area contributed by atoms with Crippen LogP contribution in [-0.2, 0) is 14.9 Å². The lowest BCUT2D eigenvalue weighted by Gasteiger charge is -2.27. The van der Waals surface area contributed by atoms with E-state index in [1.807, 2.05) is 0 Å². The van der Waals surface area contributed by atoms with E-state index in [9.17, 15) is 13.2 Å². The van der Waals surface area contributed by atoms with E-state index in [1.165, 1.54) is 39.4 Å². The van der Waals surface area contributed by atoms with Gasteiger partial charge in [0.25, 0.3) is 10.1 Å². The Morgan fingerprint density at radius 2 is 0.927 bits per heavy atom. The van der Waals surface area contributed by atoms with E-state index in [2.05, 4.69) is 126 Å². The van der Waals surface area contributed by atoms with E-state index in [0.29, 0.717) is 0 Å². The lowest BCUT2D eigenvalue weighted by atomic mass is 10.2. The summed E-state index contributed by atoms with van der Waals surface area (Å²) in [4.78, 5) is 10.8. The summed E-state index contributed by atoms with van der Waals surface area (Å²) < 4.78 is 35.3. The van der Waals surface area contributed by atoms with Crippen molar-refractivity contribution in [3.63, 3.8) is 0 Å². The van der Waals surface area contributed by atoms with E-state index < -0.39 is 28.2 Å². The summed E-state index contributed by atoms with van der Waals surface area (Å²) in [6, 6.07) is 48.9. The predicted molar refractivity (Wildman–Crippen MR) is 165 cm³/mol. The lowest BCUT2D eigenvalue weighted by molar-refractivity contribution is 0.0429. The SMILES string of the molecule is O=C(OCCO)c1ccccc1S(=O)(=O)O.c1ccc([P+](c2ccccc2)(c2ccccc2)c2ccccc2)cc1. The number of carbonyl (C=O) groups is 1. The zero-order valence-electron chi connectivity index (χ0n) is 22.2. The number of aliphatic hydroxyl groups excluding tert-OH is 1.